The van der Waals surface area contributed by atoms with Gasteiger partial charge in [0.2, 0.25) is 0 Å². The Balaban J connectivity index is -0.000000285. The van der Waals surface area contributed by atoms with Crippen LogP contribution in [0.25, 0.3) is 0 Å². The molecular weight excluding hydrogens is 206 g/mol. The largest absolute Gasteiger partial charge is 0.302 e. The highest BCUT2D eigenvalue weighted by Crippen LogP contribution is 2.17. The summed E-state index contributed by atoms with van der Waals surface area (Å²) in [5.74, 6) is 0. The van der Waals surface area contributed by atoms with Crippen molar-refractivity contribution in [3.05, 3.63) is 36.5 Å². The van der Waals surface area contributed by atoms with Gasteiger partial charge in [0.25, 0.3) is 0 Å². The van der Waals surface area contributed by atoms with Crippen LogP contribution in [0.5, 0.6) is 0 Å². The molecule has 17 heavy (non-hydrogen) atoms. The Morgan fingerprint density at radius 2 is 1.29 bits per heavy atom. The fourth-order valence-corrected chi connectivity index (χ4v) is 1.37. The van der Waals surface area contributed by atoms with Crippen LogP contribution in [0.4, 0.5) is 0 Å². The summed E-state index contributed by atoms with van der Waals surface area (Å²) in [6.45, 7) is 21.7. The molecule has 1 aliphatic heterocycles. The minimum atomic E-state index is 1.02. The van der Waals surface area contributed by atoms with Gasteiger partial charge in [-0.3, -0.25) is 0 Å². The van der Waals surface area contributed by atoms with Crippen LogP contribution < -0.4 is 0 Å². The zero-order valence-corrected chi connectivity index (χ0v) is 13.1. The fourth-order valence-electron chi connectivity index (χ4n) is 1.37. The van der Waals surface area contributed by atoms with Gasteiger partial charge in [-0.2, -0.15) is 0 Å². The SMILES string of the molecule is C=CC1=C(C=C)CN(C)CC1.CC.CC.CC. The van der Waals surface area contributed by atoms with Gasteiger partial charge in [0.15, 0.2) is 0 Å². The van der Waals surface area contributed by atoms with Crippen molar-refractivity contribution in [3.8, 4) is 0 Å². The second kappa shape index (κ2) is 17.6. The molecule has 0 saturated heterocycles. The summed E-state index contributed by atoms with van der Waals surface area (Å²) in [6, 6.07) is 0. The highest BCUT2D eigenvalue weighted by molar-refractivity contribution is 5.34. The molecule has 0 saturated carbocycles. The molecule has 0 aliphatic carbocycles. The molecule has 0 N–H and O–H groups in total. The number of hydrogen-bond acceptors (Lipinski definition) is 1. The Bertz CT molecular complexity index is 202. The molecule has 0 aromatic heterocycles. The lowest BCUT2D eigenvalue weighted by Crippen LogP contribution is -2.26. The van der Waals surface area contributed by atoms with Gasteiger partial charge < -0.3 is 4.90 Å². The summed E-state index contributed by atoms with van der Waals surface area (Å²) in [6.07, 6.45) is 5.00. The molecule has 0 radical (unpaired) electrons. The van der Waals surface area contributed by atoms with Gasteiger partial charge in [0.1, 0.15) is 0 Å². The monoisotopic (exact) mass is 239 g/mol. The predicted octanol–water partition coefficient (Wildman–Crippen LogP) is 5.07. The van der Waals surface area contributed by atoms with E-state index in [9.17, 15) is 0 Å². The maximum Gasteiger partial charge on any atom is 0.0233 e. The first-order valence-corrected chi connectivity index (χ1v) is 6.93. The Labute approximate surface area is 110 Å². The third kappa shape index (κ3) is 10.1. The Morgan fingerprint density at radius 1 is 0.882 bits per heavy atom. The van der Waals surface area contributed by atoms with Crippen molar-refractivity contribution in [1.82, 2.24) is 4.90 Å². The molecule has 0 amide bonds. The van der Waals surface area contributed by atoms with Crippen molar-refractivity contribution in [2.45, 2.75) is 48.0 Å². The Kier molecular flexibility index (Phi) is 22.2. The van der Waals surface area contributed by atoms with Crippen LogP contribution in [-0.4, -0.2) is 25.0 Å². The maximum atomic E-state index is 3.78. The van der Waals surface area contributed by atoms with Crippen molar-refractivity contribution in [2.75, 3.05) is 20.1 Å². The molecule has 0 atom stereocenters. The van der Waals surface area contributed by atoms with E-state index in [1.54, 1.807) is 0 Å². The van der Waals surface area contributed by atoms with E-state index < -0.39 is 0 Å². The second-order valence-electron chi connectivity index (χ2n) is 2.95. The summed E-state index contributed by atoms with van der Waals surface area (Å²) >= 11 is 0. The minimum absolute atomic E-state index is 1.02. The van der Waals surface area contributed by atoms with Crippen molar-refractivity contribution < 1.29 is 0 Å². The van der Waals surface area contributed by atoms with Gasteiger partial charge in [0.05, 0.1) is 0 Å². The van der Waals surface area contributed by atoms with Crippen LogP contribution in [0.1, 0.15) is 48.0 Å². The fraction of sp³-hybridized carbons (Fsp3) is 0.625. The molecule has 1 rings (SSSR count). The van der Waals surface area contributed by atoms with Gasteiger partial charge in [-0.25, -0.2) is 0 Å². The van der Waals surface area contributed by atoms with Crippen molar-refractivity contribution >= 4 is 0 Å². The van der Waals surface area contributed by atoms with E-state index in [4.69, 9.17) is 0 Å². The lowest BCUT2D eigenvalue weighted by atomic mass is 10.0. The van der Waals surface area contributed by atoms with Crippen molar-refractivity contribution in [2.24, 2.45) is 0 Å². The quantitative estimate of drug-likeness (QED) is 0.650. The molecule has 0 bridgehead atoms. The molecule has 0 unspecified atom stereocenters. The minimum Gasteiger partial charge on any atom is -0.302 e. The van der Waals surface area contributed by atoms with E-state index in [1.165, 1.54) is 11.1 Å². The summed E-state index contributed by atoms with van der Waals surface area (Å²) in [4.78, 5) is 2.30. The molecule has 1 heteroatoms. The topological polar surface area (TPSA) is 3.24 Å². The first-order valence-electron chi connectivity index (χ1n) is 6.93. The highest BCUT2D eigenvalue weighted by atomic mass is 15.1. The molecule has 0 spiro atoms. The molecule has 1 nitrogen and oxygen atoms in total. The van der Waals surface area contributed by atoms with E-state index in [0.717, 1.165) is 19.5 Å². The van der Waals surface area contributed by atoms with E-state index in [-0.39, 0.29) is 0 Å². The Morgan fingerprint density at radius 3 is 1.65 bits per heavy atom. The number of hydrogen-bond donors (Lipinski definition) is 0. The van der Waals surface area contributed by atoms with E-state index in [2.05, 4.69) is 25.1 Å². The van der Waals surface area contributed by atoms with Crippen LogP contribution in [0.15, 0.2) is 36.5 Å². The van der Waals surface area contributed by atoms with Crippen LogP contribution in [0, 0.1) is 0 Å². The first-order chi connectivity index (χ1) is 8.27. The smallest absolute Gasteiger partial charge is 0.0233 e. The highest BCUT2D eigenvalue weighted by Gasteiger charge is 2.10. The Hall–Kier alpha value is -0.820. The average molecular weight is 239 g/mol. The molecule has 0 aromatic rings. The lowest BCUT2D eigenvalue weighted by Gasteiger charge is -2.24. The normalized spacial score (nSPS) is 14.1. The third-order valence-corrected chi connectivity index (χ3v) is 2.11. The van der Waals surface area contributed by atoms with E-state index >= 15 is 0 Å². The maximum absolute atomic E-state index is 3.78. The first kappa shape index (κ1) is 21.5. The molecule has 0 fully saturated rings. The summed E-state index contributed by atoms with van der Waals surface area (Å²) in [5.41, 5.74) is 2.69. The van der Waals surface area contributed by atoms with Crippen LogP contribution in [0.2, 0.25) is 0 Å². The van der Waals surface area contributed by atoms with Gasteiger partial charge in [0, 0.05) is 13.1 Å². The second-order valence-corrected chi connectivity index (χ2v) is 2.95. The zero-order valence-electron chi connectivity index (χ0n) is 13.1. The molecular formula is C16H33N. The summed E-state index contributed by atoms with van der Waals surface area (Å²) < 4.78 is 0. The number of likely N-dealkylation sites (N-methyl/N-ethyl adjacent to an activating group) is 1. The van der Waals surface area contributed by atoms with Gasteiger partial charge >= 0.3 is 0 Å². The zero-order chi connectivity index (χ0) is 14.3. The van der Waals surface area contributed by atoms with Gasteiger partial charge in [-0.15, -0.1) is 0 Å². The standard InChI is InChI=1S/C10H15N.3C2H6/c1-4-9-6-7-11(3)8-10(9)5-2;3*1-2/h4-5H,1-2,6-8H2,3H3;3*1-2H3. The van der Waals surface area contributed by atoms with Crippen molar-refractivity contribution in [3.63, 3.8) is 0 Å². The molecule has 102 valence electrons. The third-order valence-electron chi connectivity index (χ3n) is 2.11. The predicted molar refractivity (Wildman–Crippen MR) is 83.6 cm³/mol. The van der Waals surface area contributed by atoms with Gasteiger partial charge in [-0.1, -0.05) is 66.9 Å². The number of allylic oxidation sites excluding steroid dienone is 1. The number of rotatable bonds is 2. The van der Waals surface area contributed by atoms with E-state index in [0.29, 0.717) is 0 Å². The van der Waals surface area contributed by atoms with E-state index in [1.807, 2.05) is 53.7 Å². The number of nitrogens with zero attached hydrogens (tertiary/aromatic N) is 1. The van der Waals surface area contributed by atoms with Crippen LogP contribution >= 0.6 is 0 Å². The summed E-state index contributed by atoms with van der Waals surface area (Å²) in [5, 5.41) is 0. The summed E-state index contributed by atoms with van der Waals surface area (Å²) in [7, 11) is 2.13. The molecule has 1 aliphatic rings. The van der Waals surface area contributed by atoms with Gasteiger partial charge in [-0.05, 0) is 24.6 Å². The van der Waals surface area contributed by atoms with Crippen molar-refractivity contribution in [1.29, 1.82) is 0 Å². The molecule has 1 heterocycles. The van der Waals surface area contributed by atoms with Crippen LogP contribution in [-0.2, 0) is 0 Å². The lowest BCUT2D eigenvalue weighted by molar-refractivity contribution is 0.354. The molecule has 0 aromatic carbocycles. The average Bonchev–Trinajstić information content (AvgIpc) is 2.45. The van der Waals surface area contributed by atoms with Crippen LogP contribution in [0.3, 0.4) is 0 Å².